The Morgan fingerprint density at radius 2 is 1.37 bits per heavy atom. The molecule has 0 saturated heterocycles. The predicted molar refractivity (Wildman–Crippen MR) is 70.0 cm³/mol. The van der Waals surface area contributed by atoms with Crippen LogP contribution in [0, 0.1) is 0 Å². The smallest absolute Gasteiger partial charge is 0.279 e. The van der Waals surface area contributed by atoms with Crippen molar-refractivity contribution in [1.82, 2.24) is 10.9 Å². The van der Waals surface area contributed by atoms with Crippen molar-refractivity contribution in [2.45, 2.75) is 13.8 Å². The molecular weight excluding hydrogens is 272 g/mol. The molecule has 1 aromatic rings. The topological polar surface area (TPSA) is 129 Å². The van der Waals surface area contributed by atoms with Gasteiger partial charge in [-0.15, -0.1) is 11.3 Å². The lowest BCUT2D eigenvalue weighted by Gasteiger charge is -2.08. The molecule has 2 amide bonds. The maximum absolute atomic E-state index is 11.7. The highest BCUT2D eigenvalue weighted by molar-refractivity contribution is 7.16. The second-order valence-electron chi connectivity index (χ2n) is 3.23. The molecule has 1 heterocycles. The third-order valence-electron chi connectivity index (χ3n) is 2.07. The molecule has 6 N–H and O–H groups in total. The molecule has 106 valence electrons. The fourth-order valence-corrected chi connectivity index (χ4v) is 2.38. The Hall–Kier alpha value is -1.84. The summed E-state index contributed by atoms with van der Waals surface area (Å²) in [6.07, 6.45) is 0. The molecule has 0 aliphatic rings. The Kier molecular flexibility index (Phi) is 5.55. The van der Waals surface area contributed by atoms with E-state index in [1.165, 1.54) is 0 Å². The Balaban J connectivity index is 3.38. The SMILES string of the molecule is CCOc1c(C(=O)NN)sc(C(=O)NN)c1OCC. The summed E-state index contributed by atoms with van der Waals surface area (Å²) in [6.45, 7) is 4.12. The van der Waals surface area contributed by atoms with Crippen molar-refractivity contribution >= 4 is 23.2 Å². The molecule has 0 radical (unpaired) electrons. The van der Waals surface area contributed by atoms with Crippen molar-refractivity contribution < 1.29 is 19.1 Å². The summed E-state index contributed by atoms with van der Waals surface area (Å²) in [7, 11) is 0. The number of hydrazine groups is 2. The van der Waals surface area contributed by atoms with Crippen molar-refractivity contribution in [2.75, 3.05) is 13.2 Å². The van der Waals surface area contributed by atoms with Crippen molar-refractivity contribution in [3.05, 3.63) is 9.75 Å². The zero-order chi connectivity index (χ0) is 14.4. The summed E-state index contributed by atoms with van der Waals surface area (Å²) in [5.74, 6) is 9.45. The number of thiophene rings is 1. The Morgan fingerprint density at radius 3 is 1.63 bits per heavy atom. The minimum Gasteiger partial charge on any atom is -0.488 e. The highest BCUT2D eigenvalue weighted by atomic mass is 32.1. The highest BCUT2D eigenvalue weighted by Crippen LogP contribution is 2.42. The van der Waals surface area contributed by atoms with Crippen LogP contribution in [0.2, 0.25) is 0 Å². The zero-order valence-electron chi connectivity index (χ0n) is 10.6. The number of amides is 2. The summed E-state index contributed by atoms with van der Waals surface area (Å²) in [5, 5.41) is 0. The molecule has 0 spiro atoms. The van der Waals surface area contributed by atoms with Crippen molar-refractivity contribution in [1.29, 1.82) is 0 Å². The van der Waals surface area contributed by atoms with Gasteiger partial charge in [0.2, 0.25) is 0 Å². The van der Waals surface area contributed by atoms with E-state index < -0.39 is 11.8 Å². The summed E-state index contributed by atoms with van der Waals surface area (Å²) in [6, 6.07) is 0. The van der Waals surface area contributed by atoms with Gasteiger partial charge in [0.05, 0.1) is 13.2 Å². The molecular formula is C10H16N4O4S. The van der Waals surface area contributed by atoms with Gasteiger partial charge in [-0.1, -0.05) is 0 Å². The first kappa shape index (κ1) is 15.2. The van der Waals surface area contributed by atoms with Crippen LogP contribution in [0.4, 0.5) is 0 Å². The maximum Gasteiger partial charge on any atom is 0.279 e. The molecule has 8 nitrogen and oxygen atoms in total. The molecule has 0 aromatic carbocycles. The van der Waals surface area contributed by atoms with Crippen molar-refractivity contribution in [3.63, 3.8) is 0 Å². The van der Waals surface area contributed by atoms with Gasteiger partial charge in [-0.05, 0) is 13.8 Å². The van der Waals surface area contributed by atoms with Crippen LogP contribution in [0.3, 0.4) is 0 Å². The highest BCUT2D eigenvalue weighted by Gasteiger charge is 2.28. The third-order valence-corrected chi connectivity index (χ3v) is 3.22. The molecule has 1 rings (SSSR count). The molecule has 0 saturated carbocycles. The van der Waals surface area contributed by atoms with E-state index in [0.717, 1.165) is 11.3 Å². The molecule has 0 unspecified atom stereocenters. The number of carbonyl (C=O) groups is 2. The summed E-state index contributed by atoms with van der Waals surface area (Å²) >= 11 is 0.897. The Bertz CT molecular complexity index is 434. The van der Waals surface area contributed by atoms with Gasteiger partial charge in [-0.2, -0.15) is 0 Å². The van der Waals surface area contributed by atoms with Crippen LogP contribution in [0.5, 0.6) is 11.5 Å². The number of ether oxygens (including phenoxy) is 2. The van der Waals surface area contributed by atoms with Crippen LogP contribution in [-0.4, -0.2) is 25.0 Å². The van der Waals surface area contributed by atoms with Gasteiger partial charge in [0.1, 0.15) is 9.75 Å². The van der Waals surface area contributed by atoms with E-state index in [1.807, 2.05) is 10.9 Å². The minimum absolute atomic E-state index is 0.159. The van der Waals surface area contributed by atoms with Crippen molar-refractivity contribution in [3.8, 4) is 11.5 Å². The van der Waals surface area contributed by atoms with Gasteiger partial charge in [0.15, 0.2) is 11.5 Å². The van der Waals surface area contributed by atoms with E-state index in [4.69, 9.17) is 21.2 Å². The number of hydrogen-bond acceptors (Lipinski definition) is 7. The second kappa shape index (κ2) is 6.92. The number of nitrogens with one attached hydrogen (secondary N) is 2. The minimum atomic E-state index is -0.564. The lowest BCUT2D eigenvalue weighted by molar-refractivity contribution is 0.0944. The van der Waals surface area contributed by atoms with E-state index in [9.17, 15) is 9.59 Å². The van der Waals surface area contributed by atoms with Gasteiger partial charge in [0.25, 0.3) is 11.8 Å². The van der Waals surface area contributed by atoms with E-state index in [-0.39, 0.29) is 21.3 Å². The molecule has 0 bridgehead atoms. The van der Waals surface area contributed by atoms with Crippen LogP contribution in [0.1, 0.15) is 33.2 Å². The van der Waals surface area contributed by atoms with Gasteiger partial charge in [-0.3, -0.25) is 20.4 Å². The molecule has 0 fully saturated rings. The van der Waals surface area contributed by atoms with E-state index in [1.54, 1.807) is 13.8 Å². The quantitative estimate of drug-likeness (QED) is 0.324. The fourth-order valence-electron chi connectivity index (χ4n) is 1.38. The molecule has 19 heavy (non-hydrogen) atoms. The van der Waals surface area contributed by atoms with Crippen LogP contribution in [0.25, 0.3) is 0 Å². The van der Waals surface area contributed by atoms with E-state index in [2.05, 4.69) is 0 Å². The van der Waals surface area contributed by atoms with Gasteiger partial charge < -0.3 is 9.47 Å². The summed E-state index contributed by atoms with van der Waals surface area (Å²) < 4.78 is 10.7. The molecule has 9 heteroatoms. The lowest BCUT2D eigenvalue weighted by Crippen LogP contribution is -2.30. The second-order valence-corrected chi connectivity index (χ2v) is 4.25. The average molecular weight is 288 g/mol. The van der Waals surface area contributed by atoms with Crippen molar-refractivity contribution in [2.24, 2.45) is 11.7 Å². The van der Waals surface area contributed by atoms with Crippen LogP contribution < -0.4 is 32.0 Å². The largest absolute Gasteiger partial charge is 0.488 e. The summed E-state index contributed by atoms with van der Waals surface area (Å²) in [5.41, 5.74) is 3.99. The molecule has 0 atom stereocenters. The lowest BCUT2D eigenvalue weighted by atomic mass is 10.3. The molecule has 1 aromatic heterocycles. The third kappa shape index (κ3) is 3.13. The normalized spacial score (nSPS) is 9.89. The number of carbonyl (C=O) groups excluding carboxylic acids is 2. The van der Waals surface area contributed by atoms with E-state index >= 15 is 0 Å². The van der Waals surface area contributed by atoms with Gasteiger partial charge >= 0.3 is 0 Å². The van der Waals surface area contributed by atoms with Crippen LogP contribution in [-0.2, 0) is 0 Å². The van der Waals surface area contributed by atoms with Crippen LogP contribution >= 0.6 is 11.3 Å². The maximum atomic E-state index is 11.7. The monoisotopic (exact) mass is 288 g/mol. The molecule has 0 aliphatic carbocycles. The number of nitrogen functional groups attached to an aromatic ring is 2. The molecule has 0 aliphatic heterocycles. The number of rotatable bonds is 6. The first-order valence-corrected chi connectivity index (χ1v) is 6.36. The Morgan fingerprint density at radius 1 is 1.00 bits per heavy atom. The predicted octanol–water partition coefficient (Wildman–Crippen LogP) is -0.247. The average Bonchev–Trinajstić information content (AvgIpc) is 2.77. The first-order valence-electron chi connectivity index (χ1n) is 5.54. The van der Waals surface area contributed by atoms with Crippen LogP contribution in [0.15, 0.2) is 0 Å². The first-order chi connectivity index (χ1) is 9.10. The summed E-state index contributed by atoms with van der Waals surface area (Å²) in [4.78, 5) is 23.6. The van der Waals surface area contributed by atoms with E-state index in [0.29, 0.717) is 13.2 Å². The zero-order valence-corrected chi connectivity index (χ0v) is 11.4. The number of hydrogen-bond donors (Lipinski definition) is 4. The van der Waals surface area contributed by atoms with Gasteiger partial charge in [0, 0.05) is 0 Å². The fraction of sp³-hybridized carbons (Fsp3) is 0.400. The number of nitrogens with two attached hydrogens (primary N) is 2. The standard InChI is InChI=1S/C10H16N4O4S/c1-3-17-5-6(18-4-2)8(10(16)14-12)19-7(5)9(15)13-11/h3-4,11-12H2,1-2H3,(H,13,15)(H,14,16). The van der Waals surface area contributed by atoms with Gasteiger partial charge in [-0.25, -0.2) is 11.7 Å². The Labute approximate surface area is 114 Å².